The number of halogens is 1. The molecule has 0 atom stereocenters. The summed E-state index contributed by atoms with van der Waals surface area (Å²) >= 11 is 5.80. The molecule has 1 aromatic heterocycles. The first kappa shape index (κ1) is 9.28. The van der Waals surface area contributed by atoms with Crippen molar-refractivity contribution in [3.8, 4) is 5.69 Å². The van der Waals surface area contributed by atoms with Crippen LogP contribution in [-0.2, 0) is 6.42 Å². The number of aryl methyl sites for hydroxylation is 1. The van der Waals surface area contributed by atoms with Crippen LogP contribution < -0.4 is 0 Å². The lowest BCUT2D eigenvalue weighted by Crippen LogP contribution is -1.94. The molecule has 2 aromatic rings. The lowest BCUT2D eigenvalue weighted by molar-refractivity contribution is 0.841. The molecule has 0 unspecified atom stereocenters. The van der Waals surface area contributed by atoms with E-state index in [4.69, 9.17) is 11.6 Å². The van der Waals surface area contributed by atoms with E-state index in [1.165, 1.54) is 0 Å². The summed E-state index contributed by atoms with van der Waals surface area (Å²) in [6.45, 7) is 2.09. The van der Waals surface area contributed by atoms with Gasteiger partial charge in [-0.1, -0.05) is 18.5 Å². The molecule has 1 aromatic carbocycles. The minimum Gasteiger partial charge on any atom is -0.241 e. The van der Waals surface area contributed by atoms with Crippen molar-refractivity contribution < 1.29 is 0 Å². The molecule has 0 aliphatic rings. The first-order valence-electron chi connectivity index (χ1n) is 4.60. The quantitative estimate of drug-likeness (QED) is 0.739. The molecule has 0 bridgehead atoms. The Balaban J connectivity index is 2.34. The zero-order valence-corrected chi connectivity index (χ0v) is 8.70. The second-order valence-corrected chi connectivity index (χ2v) is 3.52. The van der Waals surface area contributed by atoms with E-state index in [-0.39, 0.29) is 0 Å². The maximum Gasteiger partial charge on any atom is 0.0646 e. The highest BCUT2D eigenvalue weighted by atomic mass is 35.5. The summed E-state index contributed by atoms with van der Waals surface area (Å²) in [5, 5.41) is 5.15. The Kier molecular flexibility index (Phi) is 2.55. The van der Waals surface area contributed by atoms with Crippen LogP contribution in [0.1, 0.15) is 12.6 Å². The van der Waals surface area contributed by atoms with E-state index < -0.39 is 0 Å². The lowest BCUT2D eigenvalue weighted by Gasteiger charge is -2.00. The van der Waals surface area contributed by atoms with Crippen LogP contribution in [0.3, 0.4) is 0 Å². The van der Waals surface area contributed by atoms with Gasteiger partial charge in [0.2, 0.25) is 0 Å². The van der Waals surface area contributed by atoms with Crippen molar-refractivity contribution in [2.75, 3.05) is 0 Å². The average molecular weight is 207 g/mol. The predicted octanol–water partition coefficient (Wildman–Crippen LogP) is 3.09. The van der Waals surface area contributed by atoms with E-state index in [2.05, 4.69) is 12.0 Å². The fourth-order valence-corrected chi connectivity index (χ4v) is 1.41. The van der Waals surface area contributed by atoms with Crippen LogP contribution >= 0.6 is 11.6 Å². The summed E-state index contributed by atoms with van der Waals surface area (Å²) in [4.78, 5) is 0. The number of benzene rings is 1. The molecule has 0 N–H and O–H groups in total. The van der Waals surface area contributed by atoms with Gasteiger partial charge in [-0.15, -0.1) is 0 Å². The Morgan fingerprint density at radius 2 is 1.93 bits per heavy atom. The molecule has 3 heteroatoms. The zero-order valence-electron chi connectivity index (χ0n) is 7.94. The van der Waals surface area contributed by atoms with Crippen LogP contribution in [0, 0.1) is 0 Å². The molecule has 0 radical (unpaired) electrons. The first-order valence-corrected chi connectivity index (χ1v) is 4.98. The van der Waals surface area contributed by atoms with E-state index in [9.17, 15) is 0 Å². The number of aromatic nitrogens is 2. The second kappa shape index (κ2) is 3.84. The third-order valence-corrected chi connectivity index (χ3v) is 2.35. The van der Waals surface area contributed by atoms with E-state index in [0.29, 0.717) is 0 Å². The van der Waals surface area contributed by atoms with Crippen LogP contribution in [0.5, 0.6) is 0 Å². The Morgan fingerprint density at radius 3 is 2.50 bits per heavy atom. The molecule has 72 valence electrons. The van der Waals surface area contributed by atoms with Crippen LogP contribution in [0.25, 0.3) is 5.69 Å². The van der Waals surface area contributed by atoms with Gasteiger partial charge in [-0.25, -0.2) is 4.68 Å². The first-order chi connectivity index (χ1) is 6.79. The summed E-state index contributed by atoms with van der Waals surface area (Å²) in [5.41, 5.74) is 2.13. The Bertz CT molecular complexity index is 417. The highest BCUT2D eigenvalue weighted by Crippen LogP contribution is 2.13. The molecule has 1 heterocycles. The molecule has 0 fully saturated rings. The van der Waals surface area contributed by atoms with Crippen LogP contribution in [0.15, 0.2) is 36.5 Å². The lowest BCUT2D eigenvalue weighted by atomic mass is 10.3. The summed E-state index contributed by atoms with van der Waals surface area (Å²) in [6, 6.07) is 9.66. The minimum absolute atomic E-state index is 0.747. The molecule has 0 saturated heterocycles. The van der Waals surface area contributed by atoms with Crippen LogP contribution in [0.4, 0.5) is 0 Å². The molecule has 2 nitrogen and oxygen atoms in total. The topological polar surface area (TPSA) is 17.8 Å². The smallest absolute Gasteiger partial charge is 0.0646 e. The fraction of sp³-hybridized carbons (Fsp3) is 0.182. The summed E-state index contributed by atoms with van der Waals surface area (Å²) in [5.74, 6) is 0. The minimum atomic E-state index is 0.747. The van der Waals surface area contributed by atoms with Gasteiger partial charge in [0.05, 0.1) is 11.4 Å². The molecule has 0 amide bonds. The molecule has 0 saturated carbocycles. The van der Waals surface area contributed by atoms with Gasteiger partial charge in [0.25, 0.3) is 0 Å². The molecule has 2 rings (SSSR count). The predicted molar refractivity (Wildman–Crippen MR) is 58.0 cm³/mol. The third-order valence-electron chi connectivity index (χ3n) is 2.10. The van der Waals surface area contributed by atoms with Gasteiger partial charge >= 0.3 is 0 Å². The molecular weight excluding hydrogens is 196 g/mol. The summed E-state index contributed by atoms with van der Waals surface area (Å²) in [7, 11) is 0. The van der Waals surface area contributed by atoms with Gasteiger partial charge in [0, 0.05) is 11.2 Å². The highest BCUT2D eigenvalue weighted by Gasteiger charge is 1.98. The van der Waals surface area contributed by atoms with Crippen molar-refractivity contribution in [1.82, 2.24) is 9.78 Å². The number of hydrogen-bond acceptors (Lipinski definition) is 1. The Hall–Kier alpha value is -1.28. The van der Waals surface area contributed by atoms with Crippen molar-refractivity contribution in [2.24, 2.45) is 0 Å². The van der Waals surface area contributed by atoms with E-state index in [0.717, 1.165) is 22.8 Å². The summed E-state index contributed by atoms with van der Waals surface area (Å²) in [6.07, 6.45) is 2.92. The monoisotopic (exact) mass is 206 g/mol. The molecule has 0 aliphatic heterocycles. The van der Waals surface area contributed by atoms with Crippen molar-refractivity contribution in [1.29, 1.82) is 0 Å². The standard InChI is InChI=1S/C11H11ClN2/c1-2-10-7-8-14(13-10)11-5-3-9(12)4-6-11/h3-8H,2H2,1H3. The van der Waals surface area contributed by atoms with Crippen molar-refractivity contribution >= 4 is 11.6 Å². The Labute approximate surface area is 88.1 Å². The Morgan fingerprint density at radius 1 is 1.21 bits per heavy atom. The van der Waals surface area contributed by atoms with Gasteiger partial charge in [-0.2, -0.15) is 5.10 Å². The van der Waals surface area contributed by atoms with Gasteiger partial charge in [0.1, 0.15) is 0 Å². The van der Waals surface area contributed by atoms with Gasteiger partial charge in [0.15, 0.2) is 0 Å². The maximum absolute atomic E-state index is 5.80. The zero-order chi connectivity index (χ0) is 9.97. The maximum atomic E-state index is 5.80. The van der Waals surface area contributed by atoms with Crippen molar-refractivity contribution in [2.45, 2.75) is 13.3 Å². The van der Waals surface area contributed by atoms with E-state index in [1.807, 2.05) is 41.2 Å². The van der Waals surface area contributed by atoms with Crippen LogP contribution in [-0.4, -0.2) is 9.78 Å². The van der Waals surface area contributed by atoms with Crippen LogP contribution in [0.2, 0.25) is 5.02 Å². The third kappa shape index (κ3) is 1.80. The second-order valence-electron chi connectivity index (χ2n) is 3.08. The molecule has 0 aliphatic carbocycles. The number of rotatable bonds is 2. The van der Waals surface area contributed by atoms with Gasteiger partial charge in [-0.05, 0) is 36.8 Å². The van der Waals surface area contributed by atoms with Crippen molar-refractivity contribution in [3.05, 3.63) is 47.2 Å². The van der Waals surface area contributed by atoms with E-state index >= 15 is 0 Å². The van der Waals surface area contributed by atoms with Gasteiger partial charge in [-0.3, -0.25) is 0 Å². The largest absolute Gasteiger partial charge is 0.241 e. The van der Waals surface area contributed by atoms with E-state index in [1.54, 1.807) is 0 Å². The number of hydrogen-bond donors (Lipinski definition) is 0. The average Bonchev–Trinajstić information content (AvgIpc) is 2.67. The number of nitrogens with zero attached hydrogens (tertiary/aromatic N) is 2. The molecular formula is C11H11ClN2. The van der Waals surface area contributed by atoms with Crippen molar-refractivity contribution in [3.63, 3.8) is 0 Å². The fourth-order valence-electron chi connectivity index (χ4n) is 1.29. The SMILES string of the molecule is CCc1ccn(-c2ccc(Cl)cc2)n1. The summed E-state index contributed by atoms with van der Waals surface area (Å²) < 4.78 is 1.86. The molecule has 14 heavy (non-hydrogen) atoms. The highest BCUT2D eigenvalue weighted by molar-refractivity contribution is 6.30. The normalized spacial score (nSPS) is 10.4. The molecule has 0 spiro atoms. The van der Waals surface area contributed by atoms with Gasteiger partial charge < -0.3 is 0 Å².